The second-order valence-electron chi connectivity index (χ2n) is 3.62. The zero-order valence-corrected chi connectivity index (χ0v) is 8.42. The summed E-state index contributed by atoms with van der Waals surface area (Å²) in [7, 11) is 0. The Hall–Kier alpha value is -0.520. The van der Waals surface area contributed by atoms with Gasteiger partial charge in [0.2, 0.25) is 0 Å². The smallest absolute Gasteiger partial charge is 0.0897 e. The van der Waals surface area contributed by atoms with Gasteiger partial charge in [-0.1, -0.05) is 6.92 Å². The normalized spacial score (nSPS) is 21.4. The van der Waals surface area contributed by atoms with Gasteiger partial charge in [-0.15, -0.1) is 0 Å². The molecule has 4 nitrogen and oxygen atoms in total. The van der Waals surface area contributed by atoms with Crippen molar-refractivity contribution in [3.05, 3.63) is 11.9 Å². The van der Waals surface area contributed by atoms with Crippen molar-refractivity contribution in [1.82, 2.24) is 13.6 Å². The third kappa shape index (κ3) is 1.87. The molecule has 1 aliphatic rings. The summed E-state index contributed by atoms with van der Waals surface area (Å²) in [5.74, 6) is 0. The minimum atomic E-state index is -0.441. The van der Waals surface area contributed by atoms with Gasteiger partial charge in [0.25, 0.3) is 0 Å². The Morgan fingerprint density at radius 3 is 3.00 bits per heavy atom. The lowest BCUT2D eigenvalue weighted by Crippen LogP contribution is -2.60. The SMILES string of the molecule is CCC1(O)CN(Cc2cnsn2)C1. The number of aromatic nitrogens is 2. The number of nitrogens with zero attached hydrogens (tertiary/aromatic N) is 3. The molecule has 1 saturated heterocycles. The van der Waals surface area contributed by atoms with Crippen LogP contribution in [0.4, 0.5) is 0 Å². The van der Waals surface area contributed by atoms with Crippen molar-refractivity contribution in [2.45, 2.75) is 25.5 Å². The van der Waals surface area contributed by atoms with Crippen LogP contribution in [-0.4, -0.2) is 37.4 Å². The van der Waals surface area contributed by atoms with E-state index in [4.69, 9.17) is 0 Å². The molecule has 0 saturated carbocycles. The molecule has 0 bridgehead atoms. The fraction of sp³-hybridized carbons (Fsp3) is 0.750. The molecule has 0 aromatic carbocycles. The van der Waals surface area contributed by atoms with E-state index in [2.05, 4.69) is 13.6 Å². The largest absolute Gasteiger partial charge is 0.387 e. The third-order valence-corrected chi connectivity index (χ3v) is 3.00. The molecule has 0 radical (unpaired) electrons. The number of likely N-dealkylation sites (tertiary alicyclic amines) is 1. The third-order valence-electron chi connectivity index (χ3n) is 2.49. The molecule has 13 heavy (non-hydrogen) atoms. The Morgan fingerprint density at radius 2 is 2.46 bits per heavy atom. The highest BCUT2D eigenvalue weighted by Gasteiger charge is 2.39. The first kappa shape index (κ1) is 9.05. The molecule has 0 spiro atoms. The number of hydrogen-bond acceptors (Lipinski definition) is 5. The van der Waals surface area contributed by atoms with Crippen LogP contribution in [0.5, 0.6) is 0 Å². The van der Waals surface area contributed by atoms with Crippen molar-refractivity contribution in [3.8, 4) is 0 Å². The van der Waals surface area contributed by atoms with E-state index < -0.39 is 5.60 Å². The Kier molecular flexibility index (Phi) is 2.31. The first-order valence-corrected chi connectivity index (χ1v) is 5.16. The predicted molar refractivity (Wildman–Crippen MR) is 50.4 cm³/mol. The minimum absolute atomic E-state index is 0.441. The number of hydrogen-bond donors (Lipinski definition) is 1. The molecular weight excluding hydrogens is 186 g/mol. The molecule has 1 aromatic rings. The van der Waals surface area contributed by atoms with Crippen LogP contribution in [0.3, 0.4) is 0 Å². The predicted octanol–water partition coefficient (Wildman–Crippen LogP) is 0.495. The fourth-order valence-corrected chi connectivity index (χ4v) is 2.03. The highest BCUT2D eigenvalue weighted by molar-refractivity contribution is 6.99. The van der Waals surface area contributed by atoms with Gasteiger partial charge in [-0.05, 0) is 6.42 Å². The van der Waals surface area contributed by atoms with Crippen LogP contribution in [0.2, 0.25) is 0 Å². The Morgan fingerprint density at radius 1 is 1.69 bits per heavy atom. The van der Waals surface area contributed by atoms with Crippen molar-refractivity contribution in [3.63, 3.8) is 0 Å². The summed E-state index contributed by atoms with van der Waals surface area (Å²) in [4.78, 5) is 2.18. The van der Waals surface area contributed by atoms with Crippen LogP contribution in [-0.2, 0) is 6.54 Å². The molecular formula is C8H13N3OS. The molecule has 2 heterocycles. The lowest BCUT2D eigenvalue weighted by Gasteiger charge is -2.45. The molecule has 1 fully saturated rings. The Bertz CT molecular complexity index is 269. The number of aliphatic hydroxyl groups is 1. The maximum Gasteiger partial charge on any atom is 0.0897 e. The Labute approximate surface area is 81.5 Å². The van der Waals surface area contributed by atoms with Crippen molar-refractivity contribution in [2.75, 3.05) is 13.1 Å². The zero-order chi connectivity index (χ0) is 9.31. The van der Waals surface area contributed by atoms with E-state index in [-0.39, 0.29) is 0 Å². The van der Waals surface area contributed by atoms with Gasteiger partial charge in [0.15, 0.2) is 0 Å². The second-order valence-corrected chi connectivity index (χ2v) is 4.18. The average Bonchev–Trinajstić information content (AvgIpc) is 2.54. The summed E-state index contributed by atoms with van der Waals surface area (Å²) in [6.07, 6.45) is 2.62. The van der Waals surface area contributed by atoms with E-state index in [1.165, 1.54) is 11.7 Å². The van der Waals surface area contributed by atoms with E-state index in [9.17, 15) is 5.11 Å². The second kappa shape index (κ2) is 3.32. The van der Waals surface area contributed by atoms with Gasteiger partial charge in [-0.3, -0.25) is 4.90 Å². The molecule has 5 heteroatoms. The molecule has 2 rings (SSSR count). The summed E-state index contributed by atoms with van der Waals surface area (Å²) in [6, 6.07) is 0. The highest BCUT2D eigenvalue weighted by atomic mass is 32.1. The minimum Gasteiger partial charge on any atom is -0.387 e. The van der Waals surface area contributed by atoms with Crippen molar-refractivity contribution in [1.29, 1.82) is 0 Å². The zero-order valence-electron chi connectivity index (χ0n) is 7.60. The fourth-order valence-electron chi connectivity index (χ4n) is 1.60. The molecule has 0 amide bonds. The van der Waals surface area contributed by atoms with E-state index in [0.717, 1.165) is 31.7 Å². The molecule has 0 aliphatic carbocycles. The highest BCUT2D eigenvalue weighted by Crippen LogP contribution is 2.25. The van der Waals surface area contributed by atoms with Crippen LogP contribution in [0.1, 0.15) is 19.0 Å². The molecule has 0 atom stereocenters. The maximum absolute atomic E-state index is 9.74. The molecule has 1 N–H and O–H groups in total. The monoisotopic (exact) mass is 199 g/mol. The summed E-state index contributed by atoms with van der Waals surface area (Å²) in [5.41, 5.74) is 0.562. The molecule has 72 valence electrons. The van der Waals surface area contributed by atoms with Crippen LogP contribution in [0, 0.1) is 0 Å². The van der Waals surface area contributed by atoms with Crippen molar-refractivity contribution >= 4 is 11.7 Å². The summed E-state index contributed by atoms with van der Waals surface area (Å²) < 4.78 is 8.05. The van der Waals surface area contributed by atoms with Crippen molar-refractivity contribution in [2.24, 2.45) is 0 Å². The lowest BCUT2D eigenvalue weighted by molar-refractivity contribution is -0.103. The van der Waals surface area contributed by atoms with Gasteiger partial charge in [0.05, 0.1) is 29.2 Å². The number of rotatable bonds is 3. The van der Waals surface area contributed by atoms with Gasteiger partial charge in [0.1, 0.15) is 0 Å². The van der Waals surface area contributed by atoms with Crippen LogP contribution < -0.4 is 0 Å². The van der Waals surface area contributed by atoms with Crippen LogP contribution in [0.15, 0.2) is 6.20 Å². The summed E-state index contributed by atoms with van der Waals surface area (Å²) in [6.45, 7) is 4.36. The Balaban J connectivity index is 1.82. The molecule has 1 aliphatic heterocycles. The summed E-state index contributed by atoms with van der Waals surface area (Å²) in [5, 5.41) is 9.74. The van der Waals surface area contributed by atoms with Crippen LogP contribution >= 0.6 is 11.7 Å². The first-order valence-electron chi connectivity index (χ1n) is 4.43. The quantitative estimate of drug-likeness (QED) is 0.770. The van der Waals surface area contributed by atoms with Crippen molar-refractivity contribution < 1.29 is 5.11 Å². The van der Waals surface area contributed by atoms with Gasteiger partial charge in [0, 0.05) is 19.6 Å². The standard InChI is InChI=1S/C8H13N3OS/c1-2-8(12)5-11(6-8)4-7-3-9-13-10-7/h3,12H,2,4-6H2,1H3. The van der Waals surface area contributed by atoms with Gasteiger partial charge < -0.3 is 5.11 Å². The van der Waals surface area contributed by atoms with Crippen LogP contribution in [0.25, 0.3) is 0 Å². The van der Waals surface area contributed by atoms with Gasteiger partial charge in [-0.2, -0.15) is 8.75 Å². The number of β-amino-alcohol motifs (C(OH)–C–C–N with tert-alkyl or cyclic N) is 1. The lowest BCUT2D eigenvalue weighted by atomic mass is 9.91. The van der Waals surface area contributed by atoms with E-state index in [0.29, 0.717) is 0 Å². The molecule has 0 unspecified atom stereocenters. The van der Waals surface area contributed by atoms with E-state index >= 15 is 0 Å². The van der Waals surface area contributed by atoms with E-state index in [1.807, 2.05) is 6.92 Å². The van der Waals surface area contributed by atoms with Gasteiger partial charge >= 0.3 is 0 Å². The summed E-state index contributed by atoms with van der Waals surface area (Å²) >= 11 is 1.23. The maximum atomic E-state index is 9.74. The average molecular weight is 199 g/mol. The van der Waals surface area contributed by atoms with E-state index in [1.54, 1.807) is 6.20 Å². The molecule has 1 aromatic heterocycles. The first-order chi connectivity index (χ1) is 6.22. The van der Waals surface area contributed by atoms with Gasteiger partial charge in [-0.25, -0.2) is 0 Å². The topological polar surface area (TPSA) is 49.2 Å².